The molecule has 0 bridgehead atoms. The van der Waals surface area contributed by atoms with Gasteiger partial charge in [-0.3, -0.25) is 4.79 Å². The number of amides is 1. The first kappa shape index (κ1) is 11.4. The molecule has 6 heteroatoms. The lowest BCUT2D eigenvalue weighted by Crippen LogP contribution is -2.33. The summed E-state index contributed by atoms with van der Waals surface area (Å²) in [6.07, 6.45) is -4.41. The number of carbonyl (C=O) groups excluding carboxylic acids is 1. The Labute approximate surface area is 84.1 Å². The van der Waals surface area contributed by atoms with E-state index in [2.05, 4.69) is 0 Å². The molecule has 3 nitrogen and oxygen atoms in total. The Morgan fingerprint density at radius 1 is 1.40 bits per heavy atom. The standard InChI is InChI=1S/C9H9F3N2O/c10-9(11,12)5-14-8(15)6-2-1-3-7(13)4-6/h1-4H,5,13H2,(H,14,15). The smallest absolute Gasteiger partial charge is 0.399 e. The average Bonchev–Trinajstić information content (AvgIpc) is 2.13. The predicted molar refractivity (Wildman–Crippen MR) is 49.2 cm³/mol. The minimum Gasteiger partial charge on any atom is -0.399 e. The fourth-order valence-corrected chi connectivity index (χ4v) is 0.962. The third-order valence-electron chi connectivity index (χ3n) is 1.60. The quantitative estimate of drug-likeness (QED) is 0.740. The number of hydrogen-bond donors (Lipinski definition) is 2. The number of benzene rings is 1. The molecule has 0 spiro atoms. The number of nitrogens with two attached hydrogens (primary N) is 1. The van der Waals surface area contributed by atoms with Crippen LogP contribution in [0.4, 0.5) is 18.9 Å². The van der Waals surface area contributed by atoms with E-state index in [9.17, 15) is 18.0 Å². The summed E-state index contributed by atoms with van der Waals surface area (Å²) in [6.45, 7) is -1.35. The van der Waals surface area contributed by atoms with E-state index < -0.39 is 18.6 Å². The average molecular weight is 218 g/mol. The van der Waals surface area contributed by atoms with Crippen LogP contribution in [0.15, 0.2) is 24.3 Å². The van der Waals surface area contributed by atoms with Crippen LogP contribution in [0.3, 0.4) is 0 Å². The van der Waals surface area contributed by atoms with Gasteiger partial charge in [0.15, 0.2) is 0 Å². The van der Waals surface area contributed by atoms with Crippen LogP contribution in [-0.4, -0.2) is 18.6 Å². The number of hydrogen-bond acceptors (Lipinski definition) is 2. The molecule has 0 saturated heterocycles. The maximum atomic E-state index is 11.8. The van der Waals surface area contributed by atoms with Gasteiger partial charge in [0.1, 0.15) is 6.54 Å². The second-order valence-corrected chi connectivity index (χ2v) is 2.92. The van der Waals surface area contributed by atoms with Gasteiger partial charge in [-0.15, -0.1) is 0 Å². The van der Waals surface area contributed by atoms with Gasteiger partial charge in [-0.1, -0.05) is 6.07 Å². The summed E-state index contributed by atoms with van der Waals surface area (Å²) in [6, 6.07) is 5.74. The molecule has 0 aliphatic rings. The number of nitrogens with one attached hydrogen (secondary N) is 1. The fraction of sp³-hybridized carbons (Fsp3) is 0.222. The van der Waals surface area contributed by atoms with Gasteiger partial charge in [0.05, 0.1) is 0 Å². The van der Waals surface area contributed by atoms with Crippen LogP contribution < -0.4 is 11.1 Å². The lowest BCUT2D eigenvalue weighted by molar-refractivity contribution is -0.123. The largest absolute Gasteiger partial charge is 0.405 e. The van der Waals surface area contributed by atoms with Crippen LogP contribution in [0, 0.1) is 0 Å². The third kappa shape index (κ3) is 3.88. The van der Waals surface area contributed by atoms with Crippen LogP contribution in [0.5, 0.6) is 0 Å². The zero-order chi connectivity index (χ0) is 11.5. The van der Waals surface area contributed by atoms with Crippen molar-refractivity contribution in [3.8, 4) is 0 Å². The van der Waals surface area contributed by atoms with E-state index in [0.717, 1.165) is 0 Å². The summed E-state index contributed by atoms with van der Waals surface area (Å²) in [5.74, 6) is -0.792. The van der Waals surface area contributed by atoms with E-state index in [1.165, 1.54) is 18.2 Å². The Bertz CT molecular complexity index is 363. The van der Waals surface area contributed by atoms with Crippen LogP contribution >= 0.6 is 0 Å². The second-order valence-electron chi connectivity index (χ2n) is 2.92. The highest BCUT2D eigenvalue weighted by molar-refractivity contribution is 5.94. The van der Waals surface area contributed by atoms with Gasteiger partial charge < -0.3 is 11.1 Å². The number of anilines is 1. The minimum atomic E-state index is -4.41. The molecule has 0 aliphatic heterocycles. The Morgan fingerprint density at radius 3 is 2.60 bits per heavy atom. The lowest BCUT2D eigenvalue weighted by Gasteiger charge is -2.08. The van der Waals surface area contributed by atoms with Crippen LogP contribution in [0.2, 0.25) is 0 Å². The van der Waals surface area contributed by atoms with E-state index in [-0.39, 0.29) is 5.56 Å². The highest BCUT2D eigenvalue weighted by atomic mass is 19.4. The monoisotopic (exact) mass is 218 g/mol. The fourth-order valence-electron chi connectivity index (χ4n) is 0.962. The molecular weight excluding hydrogens is 209 g/mol. The van der Waals surface area contributed by atoms with Crippen molar-refractivity contribution in [3.63, 3.8) is 0 Å². The molecule has 0 aromatic heterocycles. The molecular formula is C9H9F3N2O. The molecule has 0 fully saturated rings. The number of carbonyl (C=O) groups is 1. The SMILES string of the molecule is Nc1cccc(C(=O)NCC(F)(F)F)c1. The van der Waals surface area contributed by atoms with Gasteiger partial charge in [-0.2, -0.15) is 13.2 Å². The maximum absolute atomic E-state index is 11.8. The van der Waals surface area contributed by atoms with Crippen LogP contribution in [-0.2, 0) is 0 Å². The van der Waals surface area contributed by atoms with Crippen molar-refractivity contribution in [2.75, 3.05) is 12.3 Å². The molecule has 1 amide bonds. The molecule has 15 heavy (non-hydrogen) atoms. The molecule has 0 radical (unpaired) electrons. The van der Waals surface area contributed by atoms with E-state index in [1.807, 2.05) is 0 Å². The van der Waals surface area contributed by atoms with Crippen molar-refractivity contribution in [1.29, 1.82) is 0 Å². The van der Waals surface area contributed by atoms with E-state index in [1.54, 1.807) is 11.4 Å². The Kier molecular flexibility index (Phi) is 3.18. The predicted octanol–water partition coefficient (Wildman–Crippen LogP) is 1.56. The van der Waals surface area contributed by atoms with Crippen LogP contribution in [0.1, 0.15) is 10.4 Å². The second kappa shape index (κ2) is 4.20. The Hall–Kier alpha value is -1.72. The molecule has 3 N–H and O–H groups in total. The van der Waals surface area contributed by atoms with Crippen LogP contribution in [0.25, 0.3) is 0 Å². The van der Waals surface area contributed by atoms with E-state index >= 15 is 0 Å². The molecule has 1 aromatic rings. The van der Waals surface area contributed by atoms with Gasteiger partial charge in [0, 0.05) is 11.3 Å². The minimum absolute atomic E-state index is 0.110. The van der Waals surface area contributed by atoms with E-state index in [4.69, 9.17) is 5.73 Å². The summed E-state index contributed by atoms with van der Waals surface area (Å²) in [5.41, 5.74) is 5.81. The maximum Gasteiger partial charge on any atom is 0.405 e. The lowest BCUT2D eigenvalue weighted by atomic mass is 10.2. The summed E-state index contributed by atoms with van der Waals surface area (Å²) in [4.78, 5) is 11.2. The van der Waals surface area contributed by atoms with Crippen molar-refractivity contribution in [1.82, 2.24) is 5.32 Å². The topological polar surface area (TPSA) is 55.1 Å². The number of nitrogen functional groups attached to an aromatic ring is 1. The summed E-state index contributed by atoms with van der Waals surface area (Å²) in [5, 5.41) is 1.75. The Balaban J connectivity index is 2.62. The van der Waals surface area contributed by atoms with Crippen molar-refractivity contribution in [3.05, 3.63) is 29.8 Å². The van der Waals surface area contributed by atoms with Crippen molar-refractivity contribution in [2.24, 2.45) is 0 Å². The molecule has 0 atom stereocenters. The normalized spacial score (nSPS) is 11.1. The number of alkyl halides is 3. The van der Waals surface area contributed by atoms with Crippen molar-refractivity contribution < 1.29 is 18.0 Å². The first-order valence-corrected chi connectivity index (χ1v) is 4.09. The molecule has 0 saturated carbocycles. The highest BCUT2D eigenvalue weighted by Crippen LogP contribution is 2.13. The van der Waals surface area contributed by atoms with Crippen molar-refractivity contribution >= 4 is 11.6 Å². The molecule has 0 heterocycles. The van der Waals surface area contributed by atoms with Crippen molar-refractivity contribution in [2.45, 2.75) is 6.18 Å². The Morgan fingerprint density at radius 2 is 2.07 bits per heavy atom. The molecule has 0 unspecified atom stereocenters. The molecule has 0 aliphatic carbocycles. The first-order chi connectivity index (χ1) is 6.88. The molecule has 1 rings (SSSR count). The molecule has 82 valence electrons. The summed E-state index contributed by atoms with van der Waals surface area (Å²) >= 11 is 0. The number of rotatable bonds is 2. The summed E-state index contributed by atoms with van der Waals surface area (Å²) in [7, 11) is 0. The van der Waals surface area contributed by atoms with Gasteiger partial charge in [-0.05, 0) is 18.2 Å². The van der Waals surface area contributed by atoms with Gasteiger partial charge in [0.2, 0.25) is 0 Å². The zero-order valence-electron chi connectivity index (χ0n) is 7.64. The van der Waals surface area contributed by atoms with Gasteiger partial charge >= 0.3 is 6.18 Å². The number of halogens is 3. The summed E-state index contributed by atoms with van der Waals surface area (Å²) < 4.78 is 35.3. The van der Waals surface area contributed by atoms with E-state index in [0.29, 0.717) is 5.69 Å². The highest BCUT2D eigenvalue weighted by Gasteiger charge is 2.27. The molecule has 1 aromatic carbocycles. The third-order valence-corrected chi connectivity index (χ3v) is 1.60. The van der Waals surface area contributed by atoms with Gasteiger partial charge in [-0.25, -0.2) is 0 Å². The van der Waals surface area contributed by atoms with Gasteiger partial charge in [0.25, 0.3) is 5.91 Å². The zero-order valence-corrected chi connectivity index (χ0v) is 7.64. The first-order valence-electron chi connectivity index (χ1n) is 4.09.